The Kier molecular flexibility index (Phi) is 6.53. The highest BCUT2D eigenvalue weighted by Gasteiger charge is 2.09. The molecule has 1 aromatic carbocycles. The summed E-state index contributed by atoms with van der Waals surface area (Å²) in [5.74, 6) is -0.169. The third kappa shape index (κ3) is 4.08. The minimum absolute atomic E-state index is 0. The van der Waals surface area contributed by atoms with E-state index in [1.54, 1.807) is 31.4 Å². The molecule has 4 nitrogen and oxygen atoms in total. The molecule has 0 heterocycles. The van der Waals surface area contributed by atoms with Crippen LogP contribution in [0.3, 0.4) is 0 Å². The van der Waals surface area contributed by atoms with E-state index in [0.29, 0.717) is 17.8 Å². The summed E-state index contributed by atoms with van der Waals surface area (Å²) in [5.41, 5.74) is 6.66. The third-order valence-corrected chi connectivity index (χ3v) is 2.16. The number of para-hydroxylation sites is 1. The minimum Gasteiger partial charge on any atom is -0.398 e. The quantitative estimate of drug-likeness (QED) is 0.788. The Labute approximate surface area is 102 Å². The number of carbonyl (C=O) groups excluding carboxylic acids is 1. The van der Waals surface area contributed by atoms with Gasteiger partial charge in [-0.2, -0.15) is 0 Å². The molecule has 0 aromatic heterocycles. The van der Waals surface area contributed by atoms with Crippen LogP contribution in [0.25, 0.3) is 0 Å². The number of rotatable bonds is 4. The van der Waals surface area contributed by atoms with Gasteiger partial charge >= 0.3 is 0 Å². The van der Waals surface area contributed by atoms with Crippen molar-refractivity contribution in [2.24, 2.45) is 0 Å². The summed E-state index contributed by atoms with van der Waals surface area (Å²) < 4.78 is 5.02. The number of carbonyl (C=O) groups is 1. The Balaban J connectivity index is 0.00000225. The highest BCUT2D eigenvalue weighted by atomic mass is 35.5. The lowest BCUT2D eigenvalue weighted by Gasteiger charge is -2.11. The molecule has 1 unspecified atom stereocenters. The van der Waals surface area contributed by atoms with Gasteiger partial charge in [0.05, 0.1) is 11.7 Å². The third-order valence-electron chi connectivity index (χ3n) is 2.16. The van der Waals surface area contributed by atoms with Crippen molar-refractivity contribution >= 4 is 24.0 Å². The number of halogens is 1. The molecule has 0 aliphatic heterocycles. The van der Waals surface area contributed by atoms with Crippen LogP contribution in [-0.2, 0) is 4.74 Å². The zero-order valence-electron chi connectivity index (χ0n) is 9.40. The first-order valence-electron chi connectivity index (χ1n) is 4.80. The van der Waals surface area contributed by atoms with Crippen LogP contribution in [0.1, 0.15) is 17.3 Å². The van der Waals surface area contributed by atoms with Gasteiger partial charge in [-0.3, -0.25) is 4.79 Å². The normalized spacial score (nSPS) is 11.4. The number of nitrogens with one attached hydrogen (secondary N) is 1. The van der Waals surface area contributed by atoms with Crippen LogP contribution in [0.15, 0.2) is 24.3 Å². The average Bonchev–Trinajstić information content (AvgIpc) is 2.26. The van der Waals surface area contributed by atoms with Gasteiger partial charge in [-0.25, -0.2) is 0 Å². The smallest absolute Gasteiger partial charge is 0.253 e. The van der Waals surface area contributed by atoms with Crippen LogP contribution in [0, 0.1) is 0 Å². The fourth-order valence-electron chi connectivity index (χ4n) is 1.12. The van der Waals surface area contributed by atoms with E-state index in [9.17, 15) is 4.79 Å². The lowest BCUT2D eigenvalue weighted by atomic mass is 10.1. The summed E-state index contributed by atoms with van der Waals surface area (Å²) in [5, 5.41) is 2.75. The van der Waals surface area contributed by atoms with Crippen LogP contribution < -0.4 is 11.1 Å². The van der Waals surface area contributed by atoms with Crippen molar-refractivity contribution < 1.29 is 9.53 Å². The molecule has 3 N–H and O–H groups in total. The van der Waals surface area contributed by atoms with Gasteiger partial charge in [-0.05, 0) is 19.1 Å². The first-order valence-corrected chi connectivity index (χ1v) is 4.80. The summed E-state index contributed by atoms with van der Waals surface area (Å²) >= 11 is 0. The topological polar surface area (TPSA) is 64.3 Å². The predicted octanol–water partition coefficient (Wildman–Crippen LogP) is 1.46. The van der Waals surface area contributed by atoms with Gasteiger partial charge in [0.15, 0.2) is 0 Å². The molecule has 0 radical (unpaired) electrons. The molecule has 0 bridgehead atoms. The second kappa shape index (κ2) is 7.09. The lowest BCUT2D eigenvalue weighted by Crippen LogP contribution is -2.31. The maximum atomic E-state index is 11.6. The van der Waals surface area contributed by atoms with E-state index in [4.69, 9.17) is 10.5 Å². The molecule has 16 heavy (non-hydrogen) atoms. The molecule has 1 atom stereocenters. The van der Waals surface area contributed by atoms with Gasteiger partial charge in [0.1, 0.15) is 0 Å². The summed E-state index contributed by atoms with van der Waals surface area (Å²) in [6, 6.07) is 6.98. The van der Waals surface area contributed by atoms with Crippen molar-refractivity contribution in [2.75, 3.05) is 19.4 Å². The van der Waals surface area contributed by atoms with Crippen molar-refractivity contribution in [3.63, 3.8) is 0 Å². The molecule has 0 fully saturated rings. The standard InChI is InChI=1S/C11H16N2O2.ClH/c1-8(15-2)7-13-11(14)9-5-3-4-6-10(9)12;/h3-6,8H,7,12H2,1-2H3,(H,13,14);1H. The number of nitrogen functional groups attached to an aromatic ring is 1. The molecule has 90 valence electrons. The Morgan fingerprint density at radius 2 is 2.12 bits per heavy atom. The summed E-state index contributed by atoms with van der Waals surface area (Å²) in [6.07, 6.45) is -0.00103. The fourth-order valence-corrected chi connectivity index (χ4v) is 1.12. The molecule has 5 heteroatoms. The lowest BCUT2D eigenvalue weighted by molar-refractivity contribution is 0.0871. The number of nitrogens with two attached hydrogens (primary N) is 1. The summed E-state index contributed by atoms with van der Waals surface area (Å²) in [6.45, 7) is 2.36. The Morgan fingerprint density at radius 3 is 2.69 bits per heavy atom. The number of methoxy groups -OCH3 is 1. The maximum Gasteiger partial charge on any atom is 0.253 e. The second-order valence-corrected chi connectivity index (χ2v) is 3.34. The molecule has 0 aliphatic rings. The molecular weight excluding hydrogens is 228 g/mol. The first-order chi connectivity index (χ1) is 7.15. The molecule has 0 saturated carbocycles. The van der Waals surface area contributed by atoms with E-state index in [1.807, 2.05) is 6.92 Å². The fraction of sp³-hybridized carbons (Fsp3) is 0.364. The van der Waals surface area contributed by atoms with Crippen molar-refractivity contribution in [1.82, 2.24) is 5.32 Å². The zero-order valence-corrected chi connectivity index (χ0v) is 10.2. The Hall–Kier alpha value is -1.26. The summed E-state index contributed by atoms with van der Waals surface area (Å²) in [7, 11) is 1.60. The Morgan fingerprint density at radius 1 is 1.50 bits per heavy atom. The van der Waals surface area contributed by atoms with Crippen molar-refractivity contribution in [3.8, 4) is 0 Å². The number of hydrogen-bond donors (Lipinski definition) is 2. The molecule has 0 saturated heterocycles. The molecule has 1 aromatic rings. The van der Waals surface area contributed by atoms with E-state index in [2.05, 4.69) is 5.32 Å². The summed E-state index contributed by atoms with van der Waals surface area (Å²) in [4.78, 5) is 11.6. The molecule has 1 rings (SSSR count). The van der Waals surface area contributed by atoms with Crippen molar-refractivity contribution in [3.05, 3.63) is 29.8 Å². The number of ether oxygens (including phenoxy) is 1. The van der Waals surface area contributed by atoms with Crippen LogP contribution in [0.4, 0.5) is 5.69 Å². The average molecular weight is 245 g/mol. The van der Waals surface area contributed by atoms with E-state index in [1.165, 1.54) is 0 Å². The van der Waals surface area contributed by atoms with Gasteiger partial charge in [-0.1, -0.05) is 12.1 Å². The van der Waals surface area contributed by atoms with Gasteiger partial charge < -0.3 is 15.8 Å². The van der Waals surface area contributed by atoms with Gasteiger partial charge in [0.2, 0.25) is 0 Å². The SMILES string of the molecule is COC(C)CNC(=O)c1ccccc1N.Cl. The number of amides is 1. The van der Waals surface area contributed by atoms with Crippen LogP contribution in [0.5, 0.6) is 0 Å². The molecule has 0 spiro atoms. The van der Waals surface area contributed by atoms with Gasteiger partial charge in [0.25, 0.3) is 5.91 Å². The Bertz CT molecular complexity index is 345. The van der Waals surface area contributed by atoms with Crippen LogP contribution in [-0.4, -0.2) is 25.7 Å². The van der Waals surface area contributed by atoms with Gasteiger partial charge in [0, 0.05) is 19.3 Å². The van der Waals surface area contributed by atoms with E-state index in [-0.39, 0.29) is 24.4 Å². The van der Waals surface area contributed by atoms with Crippen molar-refractivity contribution in [1.29, 1.82) is 0 Å². The predicted molar refractivity (Wildman–Crippen MR) is 66.9 cm³/mol. The van der Waals surface area contributed by atoms with E-state index >= 15 is 0 Å². The number of benzene rings is 1. The van der Waals surface area contributed by atoms with Crippen LogP contribution in [0.2, 0.25) is 0 Å². The zero-order chi connectivity index (χ0) is 11.3. The minimum atomic E-state index is -0.169. The number of anilines is 1. The largest absolute Gasteiger partial charge is 0.398 e. The molecule has 0 aliphatic carbocycles. The maximum absolute atomic E-state index is 11.6. The highest BCUT2D eigenvalue weighted by Crippen LogP contribution is 2.09. The molecular formula is C11H17ClN2O2. The number of hydrogen-bond acceptors (Lipinski definition) is 3. The van der Waals surface area contributed by atoms with E-state index < -0.39 is 0 Å². The highest BCUT2D eigenvalue weighted by molar-refractivity contribution is 5.99. The van der Waals surface area contributed by atoms with E-state index in [0.717, 1.165) is 0 Å². The van der Waals surface area contributed by atoms with Gasteiger partial charge in [-0.15, -0.1) is 12.4 Å². The first kappa shape index (κ1) is 14.7. The monoisotopic (exact) mass is 244 g/mol. The molecule has 1 amide bonds. The van der Waals surface area contributed by atoms with Crippen molar-refractivity contribution in [2.45, 2.75) is 13.0 Å². The van der Waals surface area contributed by atoms with Crippen LogP contribution >= 0.6 is 12.4 Å². The second-order valence-electron chi connectivity index (χ2n) is 3.34.